The normalized spacial score (nSPS) is 11.8. The number of primary sulfonamides is 1. The first kappa shape index (κ1) is 16.2. The van der Waals surface area contributed by atoms with Crippen LogP contribution in [0.25, 0.3) is 22.2 Å². The number of nitrogens with two attached hydrogens (primary N) is 2. The zero-order valence-electron chi connectivity index (χ0n) is 13.0. The molecule has 0 aliphatic rings. The first-order valence-corrected chi connectivity index (χ1v) is 8.86. The Bertz CT molecular complexity index is 998. The molecule has 0 radical (unpaired) electrons. The third kappa shape index (κ3) is 3.31. The van der Waals surface area contributed by atoms with Crippen LogP contribution >= 0.6 is 0 Å². The molecule has 0 aliphatic carbocycles. The predicted octanol–water partition coefficient (Wildman–Crippen LogP) is 0.885. The van der Waals surface area contributed by atoms with Gasteiger partial charge in [0.2, 0.25) is 10.0 Å². The van der Waals surface area contributed by atoms with Gasteiger partial charge >= 0.3 is 0 Å². The molecule has 0 saturated carbocycles. The number of hydrogen-bond donors (Lipinski definition) is 2. The van der Waals surface area contributed by atoms with Gasteiger partial charge in [0.25, 0.3) is 0 Å². The third-order valence-electron chi connectivity index (χ3n) is 3.56. The molecule has 0 amide bonds. The largest absolute Gasteiger partial charge is 0.492 e. The van der Waals surface area contributed by atoms with Crippen molar-refractivity contribution in [1.29, 1.82) is 0 Å². The molecule has 9 heteroatoms. The van der Waals surface area contributed by atoms with E-state index in [2.05, 4.69) is 9.97 Å². The number of hydrogen-bond acceptors (Lipinski definition) is 6. The lowest BCUT2D eigenvalue weighted by atomic mass is 10.1. The van der Waals surface area contributed by atoms with E-state index in [4.69, 9.17) is 15.6 Å². The van der Waals surface area contributed by atoms with E-state index in [1.165, 1.54) is 6.33 Å². The summed E-state index contributed by atoms with van der Waals surface area (Å²) in [7, 11) is -1.67. The van der Waals surface area contributed by atoms with Crippen molar-refractivity contribution in [2.24, 2.45) is 12.2 Å². The van der Waals surface area contributed by atoms with Crippen LogP contribution in [0, 0.1) is 0 Å². The number of fused-ring (bicyclic) bond motifs is 1. The number of aryl methyl sites for hydroxylation is 1. The second-order valence-corrected chi connectivity index (χ2v) is 7.09. The van der Waals surface area contributed by atoms with Crippen LogP contribution in [0.4, 0.5) is 5.82 Å². The average Bonchev–Trinajstić information content (AvgIpc) is 2.85. The number of anilines is 1. The zero-order chi connectivity index (χ0) is 17.3. The van der Waals surface area contributed by atoms with Crippen LogP contribution in [-0.2, 0) is 17.1 Å². The number of rotatable bonds is 5. The van der Waals surface area contributed by atoms with E-state index in [9.17, 15) is 8.42 Å². The molecule has 4 N–H and O–H groups in total. The van der Waals surface area contributed by atoms with Crippen molar-refractivity contribution in [3.05, 3.63) is 36.8 Å². The number of nitrogen functional groups attached to an aromatic ring is 1. The molecule has 126 valence electrons. The minimum absolute atomic E-state index is 0.0108. The lowest BCUT2D eigenvalue weighted by molar-refractivity contribution is 0.341. The molecule has 24 heavy (non-hydrogen) atoms. The second-order valence-electron chi connectivity index (χ2n) is 5.35. The molecular weight excluding hydrogens is 330 g/mol. The fraction of sp³-hybridized carbons (Fsp3) is 0.200. The van der Waals surface area contributed by atoms with Crippen molar-refractivity contribution < 1.29 is 13.2 Å². The summed E-state index contributed by atoms with van der Waals surface area (Å²) in [6.45, 7) is -0.0108. The molecule has 1 aromatic carbocycles. The van der Waals surface area contributed by atoms with Gasteiger partial charge in [-0.05, 0) is 17.7 Å². The number of nitrogens with zero attached hydrogens (tertiary/aromatic N) is 3. The Morgan fingerprint density at radius 3 is 2.83 bits per heavy atom. The van der Waals surface area contributed by atoms with Crippen molar-refractivity contribution in [3.63, 3.8) is 0 Å². The standard InChI is InChI=1S/C15H17N5O3S/c1-20-8-12(13-14(16)18-9-19-15(13)20)10-3-2-4-11(7-10)23-5-6-24(17,21)22/h2-4,7-9H,5-6H2,1H3,(H2,16,18,19)(H2,17,21,22). The molecular formula is C15H17N5O3S. The Balaban J connectivity index is 1.95. The van der Waals surface area contributed by atoms with Crippen molar-refractivity contribution in [3.8, 4) is 16.9 Å². The maximum absolute atomic E-state index is 11.0. The van der Waals surface area contributed by atoms with Crippen LogP contribution in [0.15, 0.2) is 36.8 Å². The highest BCUT2D eigenvalue weighted by molar-refractivity contribution is 7.89. The maximum Gasteiger partial charge on any atom is 0.212 e. The number of benzene rings is 1. The SMILES string of the molecule is Cn1cc(-c2cccc(OCCS(N)(=O)=O)c2)c2c(N)ncnc21. The molecule has 3 aromatic rings. The highest BCUT2D eigenvalue weighted by Gasteiger charge is 2.14. The summed E-state index contributed by atoms with van der Waals surface area (Å²) in [6.07, 6.45) is 3.34. The molecule has 3 rings (SSSR count). The molecule has 0 fully saturated rings. The van der Waals surface area contributed by atoms with Crippen molar-refractivity contribution in [2.75, 3.05) is 18.1 Å². The van der Waals surface area contributed by atoms with Gasteiger partial charge in [-0.15, -0.1) is 0 Å². The highest BCUT2D eigenvalue weighted by atomic mass is 32.2. The van der Waals surface area contributed by atoms with Crippen molar-refractivity contribution in [2.45, 2.75) is 0 Å². The van der Waals surface area contributed by atoms with Gasteiger partial charge in [0.1, 0.15) is 30.1 Å². The van der Waals surface area contributed by atoms with Crippen LogP contribution in [0.3, 0.4) is 0 Å². The summed E-state index contributed by atoms with van der Waals surface area (Å²) in [5.74, 6) is 0.700. The van der Waals surface area contributed by atoms with Crippen LogP contribution in [-0.4, -0.2) is 35.3 Å². The van der Waals surface area contributed by atoms with Crippen molar-refractivity contribution >= 4 is 26.9 Å². The lowest BCUT2D eigenvalue weighted by Gasteiger charge is -2.07. The van der Waals surface area contributed by atoms with E-state index in [1.807, 2.05) is 36.0 Å². The minimum Gasteiger partial charge on any atom is -0.492 e. The molecule has 0 bridgehead atoms. The van der Waals surface area contributed by atoms with Gasteiger partial charge in [0, 0.05) is 18.8 Å². The Morgan fingerprint density at radius 1 is 1.29 bits per heavy atom. The zero-order valence-corrected chi connectivity index (χ0v) is 13.8. The van der Waals surface area contributed by atoms with E-state index < -0.39 is 10.0 Å². The summed E-state index contributed by atoms with van der Waals surface area (Å²) < 4.78 is 29.3. The molecule has 0 atom stereocenters. The summed E-state index contributed by atoms with van der Waals surface area (Å²) in [5.41, 5.74) is 8.48. The Morgan fingerprint density at radius 2 is 2.08 bits per heavy atom. The highest BCUT2D eigenvalue weighted by Crippen LogP contribution is 2.33. The molecule has 2 heterocycles. The van der Waals surface area contributed by atoms with Gasteiger partial charge < -0.3 is 15.0 Å². The fourth-order valence-corrected chi connectivity index (χ4v) is 2.80. The number of ether oxygens (including phenoxy) is 1. The Labute approximate surface area is 139 Å². The number of sulfonamides is 1. The summed E-state index contributed by atoms with van der Waals surface area (Å²) >= 11 is 0. The third-order valence-corrected chi connectivity index (χ3v) is 4.30. The smallest absolute Gasteiger partial charge is 0.212 e. The van der Waals surface area contributed by atoms with E-state index >= 15 is 0 Å². The fourth-order valence-electron chi connectivity index (χ4n) is 2.48. The summed E-state index contributed by atoms with van der Waals surface area (Å²) in [4.78, 5) is 8.29. The summed E-state index contributed by atoms with van der Waals surface area (Å²) in [5, 5.41) is 5.73. The van der Waals surface area contributed by atoms with E-state index in [1.54, 1.807) is 6.07 Å². The lowest BCUT2D eigenvalue weighted by Crippen LogP contribution is -2.21. The maximum atomic E-state index is 11.0. The van der Waals surface area contributed by atoms with Crippen LogP contribution in [0.2, 0.25) is 0 Å². The quantitative estimate of drug-likeness (QED) is 0.705. The predicted molar refractivity (Wildman–Crippen MR) is 91.8 cm³/mol. The molecule has 0 saturated heterocycles. The monoisotopic (exact) mass is 347 g/mol. The van der Waals surface area contributed by atoms with Crippen LogP contribution in [0.5, 0.6) is 5.75 Å². The van der Waals surface area contributed by atoms with E-state index in [0.717, 1.165) is 22.2 Å². The molecule has 0 aliphatic heterocycles. The first-order chi connectivity index (χ1) is 11.3. The van der Waals surface area contributed by atoms with Gasteiger partial charge in [0.15, 0.2) is 0 Å². The van der Waals surface area contributed by atoms with E-state index in [0.29, 0.717) is 11.6 Å². The van der Waals surface area contributed by atoms with Gasteiger partial charge in [-0.2, -0.15) is 0 Å². The van der Waals surface area contributed by atoms with Crippen molar-refractivity contribution in [1.82, 2.24) is 14.5 Å². The molecule has 0 unspecified atom stereocenters. The average molecular weight is 347 g/mol. The van der Waals surface area contributed by atoms with Gasteiger partial charge in [-0.3, -0.25) is 0 Å². The number of aromatic nitrogens is 3. The van der Waals surface area contributed by atoms with Crippen LogP contribution in [0.1, 0.15) is 0 Å². The molecule has 2 aromatic heterocycles. The minimum atomic E-state index is -3.55. The summed E-state index contributed by atoms with van der Waals surface area (Å²) in [6, 6.07) is 7.29. The van der Waals surface area contributed by atoms with E-state index in [-0.39, 0.29) is 12.4 Å². The topological polar surface area (TPSA) is 126 Å². The molecule has 0 spiro atoms. The van der Waals surface area contributed by atoms with Gasteiger partial charge in [-0.1, -0.05) is 12.1 Å². The van der Waals surface area contributed by atoms with Crippen LogP contribution < -0.4 is 15.6 Å². The van der Waals surface area contributed by atoms with Gasteiger partial charge in [-0.25, -0.2) is 23.5 Å². The molecule has 8 nitrogen and oxygen atoms in total. The Kier molecular flexibility index (Phi) is 4.12. The second kappa shape index (κ2) is 6.10. The van der Waals surface area contributed by atoms with Gasteiger partial charge in [0.05, 0.1) is 11.1 Å². The Hall–Kier alpha value is -2.65. The first-order valence-electron chi connectivity index (χ1n) is 7.14.